The fourth-order valence-corrected chi connectivity index (χ4v) is 2.82. The first-order valence-corrected chi connectivity index (χ1v) is 8.00. The quantitative estimate of drug-likeness (QED) is 0.571. The van der Waals surface area contributed by atoms with E-state index in [0.29, 0.717) is 16.4 Å². The average Bonchev–Trinajstić information content (AvgIpc) is 3.06. The summed E-state index contributed by atoms with van der Waals surface area (Å²) in [6.07, 6.45) is 1.51. The minimum atomic E-state index is -0.478. The Morgan fingerprint density at radius 2 is 2.12 bits per heavy atom. The second-order valence-electron chi connectivity index (χ2n) is 5.16. The topological polar surface area (TPSA) is 107 Å². The molecular formula is C16H12N4O4S. The van der Waals surface area contributed by atoms with Crippen molar-refractivity contribution in [3.63, 3.8) is 0 Å². The number of hydrogen-bond donors (Lipinski definition) is 1. The van der Waals surface area contributed by atoms with Gasteiger partial charge in [-0.2, -0.15) is 0 Å². The number of aromatic nitrogens is 2. The van der Waals surface area contributed by atoms with E-state index in [9.17, 15) is 19.7 Å². The number of aryl methyl sites for hydroxylation is 1. The van der Waals surface area contributed by atoms with E-state index in [1.807, 2.05) is 0 Å². The van der Waals surface area contributed by atoms with Gasteiger partial charge in [-0.3, -0.25) is 25.0 Å². The van der Waals surface area contributed by atoms with E-state index >= 15 is 0 Å². The van der Waals surface area contributed by atoms with Crippen molar-refractivity contribution in [3.05, 3.63) is 74.0 Å². The average molecular weight is 356 g/mol. The lowest BCUT2D eigenvalue weighted by Gasteiger charge is -2.02. The van der Waals surface area contributed by atoms with Gasteiger partial charge in [-0.05, 0) is 6.07 Å². The maximum Gasteiger partial charge on any atom is 0.270 e. The Kier molecular flexibility index (Phi) is 4.40. The number of non-ortho nitro benzene ring substituents is 1. The molecule has 1 amide bonds. The second kappa shape index (κ2) is 6.65. The zero-order valence-electron chi connectivity index (χ0n) is 13.0. The smallest absolute Gasteiger partial charge is 0.270 e. The van der Waals surface area contributed by atoms with Gasteiger partial charge in [0.15, 0.2) is 5.13 Å². The standard InChI is InChI=1S/C16H12N4O4S/c1-19-6-5-11(8-14(19)21)15(22)18-16-17-13(9-25-16)10-3-2-4-12(7-10)20(23)24/h2-9H,1H3,(H,17,18,22). The van der Waals surface area contributed by atoms with Gasteiger partial charge in [0.25, 0.3) is 17.2 Å². The molecule has 8 nitrogen and oxygen atoms in total. The molecule has 2 heterocycles. The van der Waals surface area contributed by atoms with E-state index in [0.717, 1.165) is 0 Å². The van der Waals surface area contributed by atoms with E-state index < -0.39 is 10.8 Å². The molecule has 0 spiro atoms. The molecule has 0 unspecified atom stereocenters. The number of nitro benzene ring substituents is 1. The Morgan fingerprint density at radius 3 is 2.84 bits per heavy atom. The van der Waals surface area contributed by atoms with Gasteiger partial charge in [-0.15, -0.1) is 11.3 Å². The lowest BCUT2D eigenvalue weighted by molar-refractivity contribution is -0.384. The molecule has 0 aliphatic heterocycles. The van der Waals surface area contributed by atoms with Crippen molar-refractivity contribution in [2.45, 2.75) is 0 Å². The number of benzene rings is 1. The number of nitrogens with zero attached hydrogens (tertiary/aromatic N) is 3. The largest absolute Gasteiger partial charge is 0.319 e. The van der Waals surface area contributed by atoms with E-state index in [2.05, 4.69) is 10.3 Å². The van der Waals surface area contributed by atoms with Crippen LogP contribution in [-0.2, 0) is 7.05 Å². The Hall–Kier alpha value is -3.33. The van der Waals surface area contributed by atoms with Gasteiger partial charge in [0, 0.05) is 48.0 Å². The molecule has 0 atom stereocenters. The zero-order valence-corrected chi connectivity index (χ0v) is 13.8. The highest BCUT2D eigenvalue weighted by atomic mass is 32.1. The fourth-order valence-electron chi connectivity index (χ4n) is 2.10. The first kappa shape index (κ1) is 16.5. The number of anilines is 1. The summed E-state index contributed by atoms with van der Waals surface area (Å²) in [6, 6.07) is 8.87. The number of carbonyl (C=O) groups is 1. The minimum absolute atomic E-state index is 0.0313. The van der Waals surface area contributed by atoms with Crippen molar-refractivity contribution in [3.8, 4) is 11.3 Å². The third-order valence-corrected chi connectivity index (χ3v) is 4.20. The highest BCUT2D eigenvalue weighted by molar-refractivity contribution is 7.14. The summed E-state index contributed by atoms with van der Waals surface area (Å²) < 4.78 is 1.36. The molecule has 0 aliphatic carbocycles. The van der Waals surface area contributed by atoms with Crippen molar-refractivity contribution in [2.75, 3.05) is 5.32 Å². The molecule has 0 saturated carbocycles. The molecule has 1 N–H and O–H groups in total. The number of nitro groups is 1. The molecule has 0 radical (unpaired) electrons. The molecule has 2 aromatic heterocycles. The number of nitrogens with one attached hydrogen (secondary N) is 1. The van der Waals surface area contributed by atoms with Gasteiger partial charge in [0.1, 0.15) is 0 Å². The molecule has 0 bridgehead atoms. The van der Waals surface area contributed by atoms with Gasteiger partial charge in [-0.25, -0.2) is 4.98 Å². The first-order chi connectivity index (χ1) is 11.9. The second-order valence-corrected chi connectivity index (χ2v) is 6.02. The summed E-state index contributed by atoms with van der Waals surface area (Å²) in [5, 5.41) is 15.5. The molecule has 0 saturated heterocycles. The van der Waals surface area contributed by atoms with Crippen molar-refractivity contribution in [1.82, 2.24) is 9.55 Å². The fraction of sp³-hybridized carbons (Fsp3) is 0.0625. The summed E-state index contributed by atoms with van der Waals surface area (Å²) in [5.74, 6) is -0.447. The summed E-state index contributed by atoms with van der Waals surface area (Å²) in [7, 11) is 1.59. The van der Waals surface area contributed by atoms with E-state index in [-0.39, 0.29) is 16.8 Å². The minimum Gasteiger partial charge on any atom is -0.319 e. The molecule has 0 aliphatic rings. The Balaban J connectivity index is 1.80. The number of pyridine rings is 1. The lowest BCUT2D eigenvalue weighted by Crippen LogP contribution is -2.19. The van der Waals surface area contributed by atoms with E-state index in [4.69, 9.17) is 0 Å². The third kappa shape index (κ3) is 3.61. The zero-order chi connectivity index (χ0) is 18.0. The number of rotatable bonds is 4. The molecule has 3 aromatic rings. The van der Waals surface area contributed by atoms with Crippen LogP contribution in [-0.4, -0.2) is 20.4 Å². The molecule has 126 valence electrons. The highest BCUT2D eigenvalue weighted by Crippen LogP contribution is 2.27. The highest BCUT2D eigenvalue weighted by Gasteiger charge is 2.13. The summed E-state index contributed by atoms with van der Waals surface area (Å²) in [4.78, 5) is 38.4. The number of amides is 1. The summed E-state index contributed by atoms with van der Waals surface area (Å²) in [6.45, 7) is 0. The monoisotopic (exact) mass is 356 g/mol. The SMILES string of the molecule is Cn1ccc(C(=O)Nc2nc(-c3cccc([N+](=O)[O-])c3)cs2)cc1=O. The predicted molar refractivity (Wildman–Crippen MR) is 93.8 cm³/mol. The number of thiazole rings is 1. The van der Waals surface area contributed by atoms with Gasteiger partial charge in [0.05, 0.1) is 10.6 Å². The van der Waals surface area contributed by atoms with Crippen molar-refractivity contribution >= 4 is 28.1 Å². The van der Waals surface area contributed by atoms with Gasteiger partial charge in [-0.1, -0.05) is 12.1 Å². The summed E-state index contributed by atoms with van der Waals surface area (Å²) >= 11 is 1.19. The normalized spacial score (nSPS) is 10.4. The molecule has 25 heavy (non-hydrogen) atoms. The van der Waals surface area contributed by atoms with Crippen LogP contribution in [0.2, 0.25) is 0 Å². The van der Waals surface area contributed by atoms with Gasteiger partial charge in [0.2, 0.25) is 0 Å². The molecule has 0 fully saturated rings. The molecule has 1 aromatic carbocycles. The van der Waals surface area contributed by atoms with E-state index in [1.165, 1.54) is 46.4 Å². The maximum atomic E-state index is 12.2. The Bertz CT molecular complexity index is 1020. The predicted octanol–water partition coefficient (Wildman–Crippen LogP) is 2.67. The van der Waals surface area contributed by atoms with Crippen LogP contribution in [0, 0.1) is 10.1 Å². The maximum absolute atomic E-state index is 12.2. The van der Waals surface area contributed by atoms with Crippen LogP contribution in [0.1, 0.15) is 10.4 Å². The molecule has 3 rings (SSSR count). The van der Waals surface area contributed by atoms with Crippen LogP contribution >= 0.6 is 11.3 Å². The van der Waals surface area contributed by atoms with Crippen LogP contribution < -0.4 is 10.9 Å². The van der Waals surface area contributed by atoms with Crippen LogP contribution in [0.25, 0.3) is 11.3 Å². The van der Waals surface area contributed by atoms with Crippen molar-refractivity contribution < 1.29 is 9.72 Å². The molecule has 9 heteroatoms. The van der Waals surface area contributed by atoms with Gasteiger partial charge >= 0.3 is 0 Å². The first-order valence-electron chi connectivity index (χ1n) is 7.12. The van der Waals surface area contributed by atoms with E-state index in [1.54, 1.807) is 24.6 Å². The summed E-state index contributed by atoms with van der Waals surface area (Å²) in [5.41, 5.74) is 1.02. The van der Waals surface area contributed by atoms with Crippen molar-refractivity contribution in [2.24, 2.45) is 7.05 Å². The lowest BCUT2D eigenvalue weighted by atomic mass is 10.1. The Labute approximate surface area is 145 Å². The van der Waals surface area contributed by atoms with Crippen LogP contribution in [0.4, 0.5) is 10.8 Å². The number of carbonyl (C=O) groups excluding carboxylic acids is 1. The molecular weight excluding hydrogens is 344 g/mol. The number of hydrogen-bond acceptors (Lipinski definition) is 6. The van der Waals surface area contributed by atoms with Crippen LogP contribution in [0.15, 0.2) is 52.8 Å². The van der Waals surface area contributed by atoms with Crippen LogP contribution in [0.3, 0.4) is 0 Å². The third-order valence-electron chi connectivity index (χ3n) is 3.44. The van der Waals surface area contributed by atoms with Gasteiger partial charge < -0.3 is 4.57 Å². The van der Waals surface area contributed by atoms with Crippen molar-refractivity contribution in [1.29, 1.82) is 0 Å². The Morgan fingerprint density at radius 1 is 1.32 bits per heavy atom. The van der Waals surface area contributed by atoms with Crippen LogP contribution in [0.5, 0.6) is 0 Å².